The number of nitrogens with zero attached hydrogens (tertiary/aromatic N) is 4. The molecule has 152 valence electrons. The van der Waals surface area contributed by atoms with Gasteiger partial charge in [0.05, 0.1) is 11.3 Å². The number of nitrogens with one attached hydrogen (secondary N) is 1. The number of pyridine rings is 2. The first kappa shape index (κ1) is 18.3. The lowest BCUT2D eigenvalue weighted by Crippen LogP contribution is -2.14. The third-order valence-electron chi connectivity index (χ3n) is 5.85. The molecule has 0 saturated heterocycles. The molecule has 0 atom stereocenters. The van der Waals surface area contributed by atoms with Gasteiger partial charge in [0.2, 0.25) is 5.91 Å². The van der Waals surface area contributed by atoms with Gasteiger partial charge in [0.15, 0.2) is 10.8 Å². The van der Waals surface area contributed by atoms with Crippen LogP contribution in [0.25, 0.3) is 27.3 Å². The molecule has 1 N–H and O–H groups in total. The zero-order chi connectivity index (χ0) is 20.8. The Hall–Kier alpha value is -3.45. The number of hydrogen-bond acceptors (Lipinski definition) is 5. The minimum atomic E-state index is -0.0472. The van der Waals surface area contributed by atoms with Crippen molar-refractivity contribution in [2.45, 2.75) is 24.4 Å². The van der Waals surface area contributed by atoms with E-state index in [-0.39, 0.29) is 11.7 Å². The molecular weight excluding hydrogens is 406 g/mol. The zero-order valence-electron chi connectivity index (χ0n) is 16.7. The summed E-state index contributed by atoms with van der Waals surface area (Å²) < 4.78 is 2.03. The van der Waals surface area contributed by atoms with Gasteiger partial charge in [0, 0.05) is 34.2 Å². The fraction of sp³-hybridized carbons (Fsp3) is 0.167. The first-order valence-electron chi connectivity index (χ1n) is 10.3. The predicted molar refractivity (Wildman–Crippen MR) is 124 cm³/mol. The van der Waals surface area contributed by atoms with Crippen LogP contribution >= 0.6 is 11.8 Å². The van der Waals surface area contributed by atoms with Crippen molar-refractivity contribution in [3.8, 4) is 0 Å². The summed E-state index contributed by atoms with van der Waals surface area (Å²) in [6.45, 7) is 0. The molecule has 31 heavy (non-hydrogen) atoms. The van der Waals surface area contributed by atoms with Crippen LogP contribution in [0, 0.1) is 0 Å². The topological polar surface area (TPSA) is 72.2 Å². The molecule has 0 saturated carbocycles. The van der Waals surface area contributed by atoms with Crippen molar-refractivity contribution >= 4 is 50.7 Å². The van der Waals surface area contributed by atoms with Crippen LogP contribution in [0.5, 0.6) is 0 Å². The van der Waals surface area contributed by atoms with Crippen LogP contribution in [0.15, 0.2) is 66.1 Å². The average molecular weight is 426 g/mol. The number of rotatable bonds is 4. The maximum atomic E-state index is 12.6. The summed E-state index contributed by atoms with van der Waals surface area (Å²) >= 11 is 1.39. The lowest BCUT2D eigenvalue weighted by atomic mass is 10.1. The average Bonchev–Trinajstić information content (AvgIpc) is 3.45. The van der Waals surface area contributed by atoms with Gasteiger partial charge in [0.1, 0.15) is 0 Å². The van der Waals surface area contributed by atoms with E-state index in [1.165, 1.54) is 29.3 Å². The molecule has 0 bridgehead atoms. The van der Waals surface area contributed by atoms with Gasteiger partial charge in [-0.05, 0) is 54.7 Å². The third kappa shape index (κ3) is 3.13. The van der Waals surface area contributed by atoms with Crippen LogP contribution in [0.4, 0.5) is 5.69 Å². The lowest BCUT2D eigenvalue weighted by molar-refractivity contribution is -0.113. The van der Waals surface area contributed by atoms with E-state index in [1.807, 2.05) is 40.9 Å². The van der Waals surface area contributed by atoms with Gasteiger partial charge in [-0.1, -0.05) is 36.0 Å². The van der Waals surface area contributed by atoms with E-state index in [0.29, 0.717) is 5.16 Å². The summed E-state index contributed by atoms with van der Waals surface area (Å²) in [5.41, 5.74) is 5.39. The number of hydrogen-bond donors (Lipinski definition) is 1. The first-order chi connectivity index (χ1) is 15.3. The van der Waals surface area contributed by atoms with E-state index in [1.54, 1.807) is 6.20 Å². The maximum absolute atomic E-state index is 12.6. The van der Waals surface area contributed by atoms with E-state index < -0.39 is 0 Å². The lowest BCUT2D eigenvalue weighted by Gasteiger charge is -2.09. The van der Waals surface area contributed by atoms with Crippen LogP contribution in [-0.2, 0) is 17.6 Å². The normalized spacial score (nSPS) is 13.2. The molecule has 2 aromatic carbocycles. The van der Waals surface area contributed by atoms with E-state index in [2.05, 4.69) is 38.7 Å². The van der Waals surface area contributed by atoms with E-state index in [0.717, 1.165) is 45.9 Å². The molecule has 1 aliphatic rings. The minimum Gasteiger partial charge on any atom is -0.325 e. The molecule has 3 aromatic heterocycles. The molecule has 6 nitrogen and oxygen atoms in total. The zero-order valence-corrected chi connectivity index (χ0v) is 17.5. The summed E-state index contributed by atoms with van der Waals surface area (Å²) in [5.74, 6) is 0.217. The van der Waals surface area contributed by atoms with Gasteiger partial charge in [-0.15, -0.1) is 10.2 Å². The molecule has 7 heteroatoms. The number of benzene rings is 2. The predicted octanol–water partition coefficient (Wildman–Crippen LogP) is 4.65. The maximum Gasteiger partial charge on any atom is 0.234 e. The van der Waals surface area contributed by atoms with Crippen molar-refractivity contribution in [2.75, 3.05) is 11.1 Å². The van der Waals surface area contributed by atoms with E-state index >= 15 is 0 Å². The Kier molecular flexibility index (Phi) is 4.35. The second-order valence-corrected chi connectivity index (χ2v) is 8.70. The van der Waals surface area contributed by atoms with Gasteiger partial charge in [-0.25, -0.2) is 0 Å². The largest absolute Gasteiger partial charge is 0.325 e. The molecule has 0 spiro atoms. The number of carbonyl (C=O) groups excluding carboxylic acids is 1. The van der Waals surface area contributed by atoms with Crippen LogP contribution < -0.4 is 5.32 Å². The molecule has 3 heterocycles. The Labute approximate surface area is 182 Å². The highest BCUT2D eigenvalue weighted by Crippen LogP contribution is 2.31. The first-order valence-corrected chi connectivity index (χ1v) is 11.3. The highest BCUT2D eigenvalue weighted by molar-refractivity contribution is 7.99. The van der Waals surface area contributed by atoms with Crippen molar-refractivity contribution in [2.24, 2.45) is 0 Å². The van der Waals surface area contributed by atoms with Crippen LogP contribution in [-0.4, -0.2) is 31.2 Å². The number of aryl methyl sites for hydroxylation is 2. The number of aromatic nitrogens is 4. The second-order valence-electron chi connectivity index (χ2n) is 7.75. The van der Waals surface area contributed by atoms with Crippen molar-refractivity contribution in [3.05, 3.63) is 72.1 Å². The highest BCUT2D eigenvalue weighted by Gasteiger charge is 2.16. The van der Waals surface area contributed by atoms with Crippen molar-refractivity contribution in [1.82, 2.24) is 19.6 Å². The number of fused-ring (bicyclic) bond motifs is 7. The van der Waals surface area contributed by atoms with Gasteiger partial charge >= 0.3 is 0 Å². The summed E-state index contributed by atoms with van der Waals surface area (Å²) in [5, 5.41) is 15.7. The fourth-order valence-electron chi connectivity index (χ4n) is 4.43. The van der Waals surface area contributed by atoms with Gasteiger partial charge in [-0.3, -0.25) is 14.2 Å². The van der Waals surface area contributed by atoms with Crippen LogP contribution in [0.3, 0.4) is 0 Å². The fourth-order valence-corrected chi connectivity index (χ4v) is 5.18. The number of thioether (sulfide) groups is 1. The molecule has 0 fully saturated rings. The van der Waals surface area contributed by atoms with Gasteiger partial charge in [0.25, 0.3) is 0 Å². The third-order valence-corrected chi connectivity index (χ3v) is 6.77. The molecule has 5 aromatic rings. The monoisotopic (exact) mass is 425 g/mol. The van der Waals surface area contributed by atoms with Crippen LogP contribution in [0.2, 0.25) is 0 Å². The Morgan fingerprint density at radius 1 is 1.00 bits per heavy atom. The Balaban J connectivity index is 1.31. The molecule has 6 rings (SSSR count). The number of anilines is 1. The summed E-state index contributed by atoms with van der Waals surface area (Å²) in [6, 6.07) is 16.3. The molecule has 1 aliphatic carbocycles. The number of amides is 1. The molecule has 0 aliphatic heterocycles. The second kappa shape index (κ2) is 7.35. The number of carbonyl (C=O) groups is 1. The standard InChI is InChI=1S/C24H19N5OS/c30-22(26-17-9-8-15-4-3-5-16(15)12-17)14-31-24-28-27-23-19-10-11-25-13-20(19)18-6-1-2-7-21(18)29(23)24/h1-2,6-13H,3-5,14H2,(H,26,30). The summed E-state index contributed by atoms with van der Waals surface area (Å²) in [7, 11) is 0. The Bertz CT molecular complexity index is 1480. The minimum absolute atomic E-state index is 0.0472. The number of para-hydroxylation sites is 1. The molecular formula is C24H19N5OS. The summed E-state index contributed by atoms with van der Waals surface area (Å²) in [4.78, 5) is 16.9. The molecule has 1 amide bonds. The Morgan fingerprint density at radius 3 is 2.87 bits per heavy atom. The smallest absolute Gasteiger partial charge is 0.234 e. The SMILES string of the molecule is O=C(CSc1nnc2c3ccncc3c3ccccc3n12)Nc1ccc2c(c1)CCC2. The van der Waals surface area contributed by atoms with Crippen LogP contribution in [0.1, 0.15) is 17.5 Å². The van der Waals surface area contributed by atoms with Gasteiger partial charge < -0.3 is 5.32 Å². The molecule has 0 unspecified atom stereocenters. The van der Waals surface area contributed by atoms with Crippen molar-refractivity contribution in [3.63, 3.8) is 0 Å². The van der Waals surface area contributed by atoms with Gasteiger partial charge in [-0.2, -0.15) is 0 Å². The van der Waals surface area contributed by atoms with Crippen molar-refractivity contribution in [1.29, 1.82) is 0 Å². The summed E-state index contributed by atoms with van der Waals surface area (Å²) in [6.07, 6.45) is 7.06. The highest BCUT2D eigenvalue weighted by atomic mass is 32.2. The quantitative estimate of drug-likeness (QED) is 0.335. The van der Waals surface area contributed by atoms with E-state index in [4.69, 9.17) is 0 Å². The Morgan fingerprint density at radius 2 is 1.90 bits per heavy atom. The molecule has 0 radical (unpaired) electrons. The van der Waals surface area contributed by atoms with E-state index in [9.17, 15) is 4.79 Å². The van der Waals surface area contributed by atoms with Crippen molar-refractivity contribution < 1.29 is 4.79 Å².